The van der Waals surface area contributed by atoms with Crippen LogP contribution in [0.2, 0.25) is 5.02 Å². The van der Waals surface area contributed by atoms with Crippen molar-refractivity contribution in [1.82, 2.24) is 14.9 Å². The summed E-state index contributed by atoms with van der Waals surface area (Å²) in [5.74, 6) is 2.78. The molecule has 0 atom stereocenters. The molecular weight excluding hydrogens is 348 g/mol. The highest BCUT2D eigenvalue weighted by atomic mass is 35.5. The molecule has 0 bridgehead atoms. The molecule has 0 aliphatic carbocycles. The molecule has 0 unspecified atom stereocenters. The fraction of sp³-hybridized carbons (Fsp3) is 0.188. The number of ether oxygens (including phenoxy) is 1. The Hall–Kier alpha value is -2.25. The summed E-state index contributed by atoms with van der Waals surface area (Å²) in [5, 5.41) is 13.8. The van der Waals surface area contributed by atoms with Crippen LogP contribution in [0.5, 0.6) is 5.75 Å². The fourth-order valence-electron chi connectivity index (χ4n) is 1.94. The van der Waals surface area contributed by atoms with Crippen LogP contribution < -0.4 is 4.74 Å². The van der Waals surface area contributed by atoms with Crippen molar-refractivity contribution < 1.29 is 9.15 Å². The summed E-state index contributed by atoms with van der Waals surface area (Å²) in [6.07, 6.45) is 3.55. The number of hydrogen-bond donors (Lipinski definition) is 0. The predicted octanol–water partition coefficient (Wildman–Crippen LogP) is 4.02. The number of halogens is 1. The normalized spacial score (nSPS) is 11.3. The highest BCUT2D eigenvalue weighted by Gasteiger charge is 2.06. The molecule has 0 saturated carbocycles. The maximum Gasteiger partial charge on any atom is 0.211 e. The molecule has 0 spiro atoms. The SMILES string of the molecule is CSc1nnc(C)n1N=Cc1ccc(COc2ccc(Cl)cc2)o1. The smallest absolute Gasteiger partial charge is 0.211 e. The average Bonchev–Trinajstić information content (AvgIpc) is 3.18. The highest BCUT2D eigenvalue weighted by Crippen LogP contribution is 2.18. The third-order valence-electron chi connectivity index (χ3n) is 3.13. The Morgan fingerprint density at radius 2 is 2.04 bits per heavy atom. The summed E-state index contributed by atoms with van der Waals surface area (Å²) in [5.41, 5.74) is 0. The van der Waals surface area contributed by atoms with Crippen molar-refractivity contribution in [2.24, 2.45) is 5.10 Å². The van der Waals surface area contributed by atoms with Gasteiger partial charge in [-0.3, -0.25) is 0 Å². The molecule has 3 rings (SSSR count). The molecule has 0 fully saturated rings. The van der Waals surface area contributed by atoms with Gasteiger partial charge < -0.3 is 9.15 Å². The molecule has 8 heteroatoms. The number of aromatic nitrogens is 3. The van der Waals surface area contributed by atoms with Gasteiger partial charge in [0, 0.05) is 5.02 Å². The van der Waals surface area contributed by atoms with Crippen LogP contribution in [0, 0.1) is 6.92 Å². The van der Waals surface area contributed by atoms with Crippen molar-refractivity contribution in [1.29, 1.82) is 0 Å². The van der Waals surface area contributed by atoms with Crippen LogP contribution in [0.15, 0.2) is 51.1 Å². The van der Waals surface area contributed by atoms with Crippen molar-refractivity contribution in [2.45, 2.75) is 18.7 Å². The molecule has 0 N–H and O–H groups in total. The molecule has 124 valence electrons. The lowest BCUT2D eigenvalue weighted by atomic mass is 10.3. The van der Waals surface area contributed by atoms with Crippen molar-refractivity contribution in [3.05, 3.63) is 58.8 Å². The van der Waals surface area contributed by atoms with Gasteiger partial charge in [0.25, 0.3) is 0 Å². The van der Waals surface area contributed by atoms with E-state index < -0.39 is 0 Å². The van der Waals surface area contributed by atoms with E-state index in [1.807, 2.05) is 37.4 Å². The second-order valence-electron chi connectivity index (χ2n) is 4.84. The van der Waals surface area contributed by atoms with E-state index in [0.29, 0.717) is 29.0 Å². The molecule has 0 radical (unpaired) electrons. The average molecular weight is 363 g/mol. The van der Waals surface area contributed by atoms with Gasteiger partial charge in [-0.15, -0.1) is 10.2 Å². The Labute approximate surface area is 148 Å². The largest absolute Gasteiger partial charge is 0.486 e. The highest BCUT2D eigenvalue weighted by molar-refractivity contribution is 7.98. The Kier molecular flexibility index (Phi) is 5.22. The second-order valence-corrected chi connectivity index (χ2v) is 6.05. The minimum absolute atomic E-state index is 0.331. The molecule has 2 aromatic heterocycles. The molecule has 24 heavy (non-hydrogen) atoms. The molecule has 1 aromatic carbocycles. The molecule has 0 aliphatic heterocycles. The summed E-state index contributed by atoms with van der Waals surface area (Å²) in [6, 6.07) is 10.9. The number of thioether (sulfide) groups is 1. The van der Waals surface area contributed by atoms with Crippen LogP contribution in [0.3, 0.4) is 0 Å². The topological polar surface area (TPSA) is 65.4 Å². The van der Waals surface area contributed by atoms with E-state index in [1.54, 1.807) is 23.0 Å². The molecule has 0 saturated heterocycles. The van der Waals surface area contributed by atoms with Gasteiger partial charge in [0.2, 0.25) is 5.16 Å². The van der Waals surface area contributed by atoms with Crippen LogP contribution in [0.1, 0.15) is 17.3 Å². The van der Waals surface area contributed by atoms with E-state index in [0.717, 1.165) is 10.9 Å². The Morgan fingerprint density at radius 3 is 2.79 bits per heavy atom. The van der Waals surface area contributed by atoms with Crippen molar-refractivity contribution in [2.75, 3.05) is 6.26 Å². The molecule has 6 nitrogen and oxygen atoms in total. The monoisotopic (exact) mass is 362 g/mol. The standard InChI is InChI=1S/C16H15ClN4O2S/c1-11-19-20-16(24-2)21(11)18-9-14-7-8-15(23-14)10-22-13-5-3-12(17)4-6-13/h3-9H,10H2,1-2H3. The third-order valence-corrected chi connectivity index (χ3v) is 4.00. The number of furan rings is 1. The van der Waals surface area contributed by atoms with Gasteiger partial charge >= 0.3 is 0 Å². The van der Waals surface area contributed by atoms with Crippen LogP contribution >= 0.6 is 23.4 Å². The van der Waals surface area contributed by atoms with Crippen molar-refractivity contribution in [3.63, 3.8) is 0 Å². The molecule has 0 aliphatic rings. The van der Waals surface area contributed by atoms with Crippen molar-refractivity contribution >= 4 is 29.6 Å². The number of rotatable bonds is 6. The number of hydrogen-bond acceptors (Lipinski definition) is 6. The zero-order chi connectivity index (χ0) is 16.9. The van der Waals surface area contributed by atoms with E-state index in [2.05, 4.69) is 15.3 Å². The summed E-state index contributed by atoms with van der Waals surface area (Å²) >= 11 is 7.32. The first-order chi connectivity index (χ1) is 11.7. The Morgan fingerprint density at radius 1 is 1.25 bits per heavy atom. The summed E-state index contributed by atoms with van der Waals surface area (Å²) in [4.78, 5) is 0. The van der Waals surface area contributed by atoms with Crippen LogP contribution in [-0.4, -0.2) is 27.3 Å². The van der Waals surface area contributed by atoms with Gasteiger partial charge in [-0.2, -0.15) is 9.78 Å². The first kappa shape index (κ1) is 16.6. The van der Waals surface area contributed by atoms with Gasteiger partial charge in [0.1, 0.15) is 23.9 Å². The second kappa shape index (κ2) is 7.55. The van der Waals surface area contributed by atoms with Crippen LogP contribution in [-0.2, 0) is 6.61 Å². The van der Waals surface area contributed by atoms with Crippen molar-refractivity contribution in [3.8, 4) is 5.75 Å². The van der Waals surface area contributed by atoms with E-state index in [1.165, 1.54) is 11.8 Å². The Balaban J connectivity index is 1.64. The summed E-state index contributed by atoms with van der Waals surface area (Å²) in [7, 11) is 0. The van der Waals surface area contributed by atoms with E-state index in [9.17, 15) is 0 Å². The zero-order valence-corrected chi connectivity index (χ0v) is 14.7. The number of benzene rings is 1. The third kappa shape index (κ3) is 3.98. The summed E-state index contributed by atoms with van der Waals surface area (Å²) < 4.78 is 13.0. The predicted molar refractivity (Wildman–Crippen MR) is 94.0 cm³/mol. The maximum atomic E-state index is 5.84. The quantitative estimate of drug-likeness (QED) is 0.489. The lowest BCUT2D eigenvalue weighted by Gasteiger charge is -2.03. The first-order valence-electron chi connectivity index (χ1n) is 7.13. The van der Waals surface area contributed by atoms with Gasteiger partial charge in [-0.1, -0.05) is 23.4 Å². The lowest BCUT2D eigenvalue weighted by Crippen LogP contribution is -1.95. The van der Waals surface area contributed by atoms with Gasteiger partial charge in [-0.05, 0) is 49.6 Å². The van der Waals surface area contributed by atoms with Crippen LogP contribution in [0.25, 0.3) is 0 Å². The van der Waals surface area contributed by atoms with E-state index in [-0.39, 0.29) is 0 Å². The van der Waals surface area contributed by atoms with Gasteiger partial charge in [-0.25, -0.2) is 0 Å². The van der Waals surface area contributed by atoms with E-state index >= 15 is 0 Å². The zero-order valence-electron chi connectivity index (χ0n) is 13.1. The van der Waals surface area contributed by atoms with Gasteiger partial charge in [0.15, 0.2) is 5.82 Å². The lowest BCUT2D eigenvalue weighted by molar-refractivity contribution is 0.270. The molecule has 3 aromatic rings. The first-order valence-corrected chi connectivity index (χ1v) is 8.73. The van der Waals surface area contributed by atoms with Gasteiger partial charge in [0.05, 0.1) is 6.21 Å². The van der Waals surface area contributed by atoms with E-state index in [4.69, 9.17) is 20.8 Å². The molecule has 2 heterocycles. The van der Waals surface area contributed by atoms with Crippen LogP contribution in [0.4, 0.5) is 0 Å². The fourth-order valence-corrected chi connectivity index (χ4v) is 2.54. The number of aryl methyl sites for hydroxylation is 1. The molecular formula is C16H15ClN4O2S. The minimum Gasteiger partial charge on any atom is -0.486 e. The summed E-state index contributed by atoms with van der Waals surface area (Å²) in [6.45, 7) is 2.18. The maximum absolute atomic E-state index is 5.84. The molecule has 0 amide bonds. The minimum atomic E-state index is 0.331. The number of nitrogens with zero attached hydrogens (tertiary/aromatic N) is 4. The Bertz CT molecular complexity index is 842.